The van der Waals surface area contributed by atoms with Crippen LogP contribution in [0.5, 0.6) is 0 Å². The largest absolute Gasteiger partial charge is 0.322 e. The fourth-order valence-electron chi connectivity index (χ4n) is 2.50. The molecule has 22 heavy (non-hydrogen) atoms. The van der Waals surface area contributed by atoms with Crippen LogP contribution in [0.3, 0.4) is 0 Å². The van der Waals surface area contributed by atoms with Gasteiger partial charge in [0.2, 0.25) is 0 Å². The summed E-state index contributed by atoms with van der Waals surface area (Å²) in [6.45, 7) is 10.8. The average molecular weight is 295 g/mol. The molecule has 0 aliphatic rings. The molecular weight excluding hydrogens is 270 g/mol. The summed E-state index contributed by atoms with van der Waals surface area (Å²) in [5.74, 6) is -0.0549. The van der Waals surface area contributed by atoms with E-state index in [1.807, 2.05) is 49.4 Å². The van der Waals surface area contributed by atoms with Gasteiger partial charge in [0.05, 0.1) is 0 Å². The van der Waals surface area contributed by atoms with Crippen molar-refractivity contribution < 1.29 is 4.79 Å². The van der Waals surface area contributed by atoms with E-state index in [4.69, 9.17) is 0 Å². The molecule has 0 heterocycles. The molecule has 0 radical (unpaired) electrons. The molecule has 0 fully saturated rings. The number of aryl methyl sites for hydroxylation is 2. The smallest absolute Gasteiger partial charge is 0.255 e. The Balaban J connectivity index is 2.21. The summed E-state index contributed by atoms with van der Waals surface area (Å²) in [4.78, 5) is 12.4. The standard InChI is InChI=1S/C20H25NO/c1-14-7-6-8-18(11-14)21-19(22)16-10-9-15(2)17(12-16)13-20(3,4)5/h6-12H,13H2,1-5H3,(H,21,22). The van der Waals surface area contributed by atoms with Crippen molar-refractivity contribution in [3.05, 3.63) is 64.7 Å². The van der Waals surface area contributed by atoms with Gasteiger partial charge in [0.1, 0.15) is 0 Å². The number of amides is 1. The lowest BCUT2D eigenvalue weighted by Gasteiger charge is -2.20. The zero-order valence-corrected chi connectivity index (χ0v) is 14.2. The van der Waals surface area contributed by atoms with Gasteiger partial charge in [-0.05, 0) is 66.6 Å². The molecule has 2 aromatic rings. The lowest BCUT2D eigenvalue weighted by Crippen LogP contribution is -2.14. The van der Waals surface area contributed by atoms with Crippen LogP contribution in [0, 0.1) is 19.3 Å². The summed E-state index contributed by atoms with van der Waals surface area (Å²) in [6, 6.07) is 13.8. The third-order valence-electron chi connectivity index (χ3n) is 3.61. The SMILES string of the molecule is Cc1cccc(NC(=O)c2ccc(C)c(CC(C)(C)C)c2)c1. The quantitative estimate of drug-likeness (QED) is 0.834. The molecule has 0 aliphatic carbocycles. The second kappa shape index (κ2) is 6.35. The minimum Gasteiger partial charge on any atom is -0.322 e. The summed E-state index contributed by atoms with van der Waals surface area (Å²) in [6.07, 6.45) is 0.963. The number of nitrogens with one attached hydrogen (secondary N) is 1. The lowest BCUT2D eigenvalue weighted by atomic mass is 9.86. The van der Waals surface area contributed by atoms with Crippen LogP contribution in [0.25, 0.3) is 0 Å². The maximum absolute atomic E-state index is 12.4. The number of carbonyl (C=O) groups is 1. The van der Waals surface area contributed by atoms with E-state index in [2.05, 4.69) is 33.0 Å². The van der Waals surface area contributed by atoms with E-state index in [0.29, 0.717) is 5.56 Å². The first-order chi connectivity index (χ1) is 10.2. The van der Waals surface area contributed by atoms with Gasteiger partial charge in [-0.2, -0.15) is 0 Å². The summed E-state index contributed by atoms with van der Waals surface area (Å²) in [5, 5.41) is 2.97. The monoisotopic (exact) mass is 295 g/mol. The van der Waals surface area contributed by atoms with Crippen molar-refractivity contribution in [2.24, 2.45) is 5.41 Å². The van der Waals surface area contributed by atoms with Crippen molar-refractivity contribution >= 4 is 11.6 Å². The van der Waals surface area contributed by atoms with Gasteiger partial charge in [-0.3, -0.25) is 4.79 Å². The van der Waals surface area contributed by atoms with E-state index in [9.17, 15) is 4.79 Å². The zero-order chi connectivity index (χ0) is 16.3. The van der Waals surface area contributed by atoms with Crippen LogP contribution < -0.4 is 5.32 Å². The van der Waals surface area contributed by atoms with Crippen molar-refractivity contribution in [3.8, 4) is 0 Å². The van der Waals surface area contributed by atoms with E-state index in [0.717, 1.165) is 17.7 Å². The Labute approximate surface area is 133 Å². The minimum atomic E-state index is -0.0549. The molecule has 2 rings (SSSR count). The highest BCUT2D eigenvalue weighted by Gasteiger charge is 2.15. The van der Waals surface area contributed by atoms with E-state index in [1.54, 1.807) is 0 Å². The van der Waals surface area contributed by atoms with Crippen molar-refractivity contribution in [1.29, 1.82) is 0 Å². The number of carbonyl (C=O) groups excluding carboxylic acids is 1. The molecule has 0 unspecified atom stereocenters. The first-order valence-electron chi connectivity index (χ1n) is 7.72. The average Bonchev–Trinajstić information content (AvgIpc) is 2.39. The van der Waals surface area contributed by atoms with Crippen LogP contribution in [0.4, 0.5) is 5.69 Å². The predicted molar refractivity (Wildman–Crippen MR) is 93.5 cm³/mol. The molecule has 0 aromatic heterocycles. The Kier molecular flexibility index (Phi) is 4.70. The van der Waals surface area contributed by atoms with Gasteiger partial charge in [0, 0.05) is 11.3 Å². The summed E-state index contributed by atoms with van der Waals surface area (Å²) in [7, 11) is 0. The Morgan fingerprint density at radius 1 is 1.05 bits per heavy atom. The molecule has 1 N–H and O–H groups in total. The van der Waals surface area contributed by atoms with E-state index in [-0.39, 0.29) is 11.3 Å². The van der Waals surface area contributed by atoms with Gasteiger partial charge >= 0.3 is 0 Å². The Hall–Kier alpha value is -2.09. The molecule has 0 saturated carbocycles. The van der Waals surface area contributed by atoms with Crippen molar-refractivity contribution in [2.75, 3.05) is 5.32 Å². The van der Waals surface area contributed by atoms with Crippen molar-refractivity contribution in [3.63, 3.8) is 0 Å². The third-order valence-corrected chi connectivity index (χ3v) is 3.61. The molecule has 2 heteroatoms. The summed E-state index contributed by atoms with van der Waals surface area (Å²) < 4.78 is 0. The second-order valence-electron chi connectivity index (χ2n) is 7.20. The lowest BCUT2D eigenvalue weighted by molar-refractivity contribution is 0.102. The van der Waals surface area contributed by atoms with Gasteiger partial charge in [0.25, 0.3) is 5.91 Å². The number of anilines is 1. The second-order valence-corrected chi connectivity index (χ2v) is 7.20. The third kappa shape index (κ3) is 4.45. The molecule has 116 valence electrons. The molecule has 0 bridgehead atoms. The van der Waals surface area contributed by atoms with Crippen molar-refractivity contribution in [2.45, 2.75) is 41.0 Å². The van der Waals surface area contributed by atoms with Crippen LogP contribution >= 0.6 is 0 Å². The Bertz CT molecular complexity index is 680. The highest BCUT2D eigenvalue weighted by molar-refractivity contribution is 6.04. The predicted octanol–water partition coefficient (Wildman–Crippen LogP) is 5.14. The van der Waals surface area contributed by atoms with Crippen LogP contribution in [-0.2, 0) is 6.42 Å². The highest BCUT2D eigenvalue weighted by Crippen LogP contribution is 2.24. The van der Waals surface area contributed by atoms with Gasteiger partial charge < -0.3 is 5.32 Å². The fourth-order valence-corrected chi connectivity index (χ4v) is 2.50. The molecule has 2 nitrogen and oxygen atoms in total. The fraction of sp³-hybridized carbons (Fsp3) is 0.350. The number of benzene rings is 2. The maximum Gasteiger partial charge on any atom is 0.255 e. The number of rotatable bonds is 3. The molecule has 1 amide bonds. The van der Waals surface area contributed by atoms with Gasteiger partial charge in [-0.15, -0.1) is 0 Å². The number of hydrogen-bond acceptors (Lipinski definition) is 1. The molecule has 0 atom stereocenters. The van der Waals surface area contributed by atoms with Crippen LogP contribution in [0.2, 0.25) is 0 Å². The Morgan fingerprint density at radius 3 is 2.41 bits per heavy atom. The molecular formula is C20H25NO. The van der Waals surface area contributed by atoms with Crippen LogP contribution in [0.1, 0.15) is 47.8 Å². The molecule has 0 aliphatic heterocycles. The summed E-state index contributed by atoms with van der Waals surface area (Å²) >= 11 is 0. The minimum absolute atomic E-state index is 0.0549. The zero-order valence-electron chi connectivity index (χ0n) is 14.2. The first kappa shape index (κ1) is 16.3. The van der Waals surface area contributed by atoms with Crippen molar-refractivity contribution in [1.82, 2.24) is 0 Å². The maximum atomic E-state index is 12.4. The van der Waals surface area contributed by atoms with Crippen LogP contribution in [-0.4, -0.2) is 5.91 Å². The molecule has 0 spiro atoms. The Morgan fingerprint density at radius 2 is 1.77 bits per heavy atom. The van der Waals surface area contributed by atoms with Gasteiger partial charge in [0.15, 0.2) is 0 Å². The highest BCUT2D eigenvalue weighted by atomic mass is 16.1. The summed E-state index contributed by atoms with van der Waals surface area (Å²) in [5.41, 5.74) is 5.37. The normalized spacial score (nSPS) is 11.3. The van der Waals surface area contributed by atoms with Gasteiger partial charge in [-0.25, -0.2) is 0 Å². The van der Waals surface area contributed by atoms with Gasteiger partial charge in [-0.1, -0.05) is 39.0 Å². The molecule has 2 aromatic carbocycles. The van der Waals surface area contributed by atoms with E-state index in [1.165, 1.54) is 11.1 Å². The first-order valence-corrected chi connectivity index (χ1v) is 7.72. The van der Waals surface area contributed by atoms with E-state index < -0.39 is 0 Å². The van der Waals surface area contributed by atoms with Crippen LogP contribution in [0.15, 0.2) is 42.5 Å². The van der Waals surface area contributed by atoms with E-state index >= 15 is 0 Å². The molecule has 0 saturated heterocycles. The topological polar surface area (TPSA) is 29.1 Å². The number of hydrogen-bond donors (Lipinski definition) is 1.